The molecule has 1 N–H and O–H groups in total. The molecule has 0 aliphatic rings. The number of thiophene rings is 1. The maximum Gasteiger partial charge on any atom is 0.193 e. The number of hydrogen-bond acceptors (Lipinski definition) is 4. The summed E-state index contributed by atoms with van der Waals surface area (Å²) in [6.45, 7) is 5.92. The highest BCUT2D eigenvalue weighted by Gasteiger charge is 2.11. The third kappa shape index (κ3) is 4.54. The van der Waals surface area contributed by atoms with Gasteiger partial charge in [0, 0.05) is 36.8 Å². The van der Waals surface area contributed by atoms with Crippen molar-refractivity contribution in [1.82, 2.24) is 15.2 Å². The summed E-state index contributed by atoms with van der Waals surface area (Å²) in [5.41, 5.74) is 1.09. The Morgan fingerprint density at radius 2 is 2.29 bits per heavy atom. The Hall–Kier alpha value is -1.40. The lowest BCUT2D eigenvalue weighted by Crippen LogP contribution is -2.40. The molecule has 0 saturated carbocycles. The first-order valence-electron chi connectivity index (χ1n) is 6.96. The van der Waals surface area contributed by atoms with Crippen LogP contribution in [-0.2, 0) is 6.54 Å². The molecule has 2 rings (SSSR count). The Bertz CT molecular complexity index is 574. The number of hydrogen-bond donors (Lipinski definition) is 1. The molecular formula is C15H22N4S2. The monoisotopic (exact) mass is 322 g/mol. The number of rotatable bonds is 5. The van der Waals surface area contributed by atoms with Crippen LogP contribution >= 0.6 is 22.7 Å². The molecule has 2 aromatic rings. The van der Waals surface area contributed by atoms with Crippen LogP contribution in [-0.4, -0.2) is 36.5 Å². The first-order valence-corrected chi connectivity index (χ1v) is 8.72. The van der Waals surface area contributed by atoms with E-state index >= 15 is 0 Å². The van der Waals surface area contributed by atoms with Crippen LogP contribution < -0.4 is 5.32 Å². The lowest BCUT2D eigenvalue weighted by molar-refractivity contribution is 0.468. The SMILES string of the molecule is CN=C(NCC(C)c1cccs1)N(C)Cc1csc(C)n1. The summed E-state index contributed by atoms with van der Waals surface area (Å²) < 4.78 is 0. The van der Waals surface area contributed by atoms with Gasteiger partial charge in [0.2, 0.25) is 0 Å². The second-order valence-corrected chi connectivity index (χ2v) is 7.10. The first-order chi connectivity index (χ1) is 10.1. The number of nitrogens with one attached hydrogen (secondary N) is 1. The zero-order chi connectivity index (χ0) is 15.2. The van der Waals surface area contributed by atoms with Crippen LogP contribution in [0.3, 0.4) is 0 Å². The molecule has 4 nitrogen and oxygen atoms in total. The molecule has 6 heteroatoms. The molecule has 0 radical (unpaired) electrons. The van der Waals surface area contributed by atoms with Crippen LogP contribution in [0.5, 0.6) is 0 Å². The zero-order valence-electron chi connectivity index (χ0n) is 13.0. The van der Waals surface area contributed by atoms with Gasteiger partial charge in [-0.1, -0.05) is 13.0 Å². The van der Waals surface area contributed by atoms with E-state index in [9.17, 15) is 0 Å². The number of thiazole rings is 1. The number of aryl methyl sites for hydroxylation is 1. The first kappa shape index (κ1) is 16.0. The summed E-state index contributed by atoms with van der Waals surface area (Å²) >= 11 is 3.49. The fourth-order valence-corrected chi connectivity index (χ4v) is 3.49. The van der Waals surface area contributed by atoms with Gasteiger partial charge < -0.3 is 10.2 Å². The lowest BCUT2D eigenvalue weighted by atomic mass is 10.1. The van der Waals surface area contributed by atoms with Crippen molar-refractivity contribution in [3.63, 3.8) is 0 Å². The van der Waals surface area contributed by atoms with Gasteiger partial charge in [-0.15, -0.1) is 22.7 Å². The largest absolute Gasteiger partial charge is 0.356 e. The standard InChI is InChI=1S/C15H22N4S2/c1-11(14-6-5-7-20-14)8-17-15(16-3)19(4)9-13-10-21-12(2)18-13/h5-7,10-11H,8-9H2,1-4H3,(H,16,17). The van der Waals surface area contributed by atoms with Gasteiger partial charge >= 0.3 is 0 Å². The highest BCUT2D eigenvalue weighted by Crippen LogP contribution is 2.19. The minimum absolute atomic E-state index is 0.483. The molecule has 0 saturated heterocycles. The van der Waals surface area contributed by atoms with Crippen molar-refractivity contribution in [3.8, 4) is 0 Å². The van der Waals surface area contributed by atoms with Gasteiger partial charge in [-0.3, -0.25) is 4.99 Å². The van der Waals surface area contributed by atoms with E-state index in [4.69, 9.17) is 0 Å². The van der Waals surface area contributed by atoms with E-state index in [1.807, 2.05) is 21.0 Å². The van der Waals surface area contributed by atoms with Crippen molar-refractivity contribution >= 4 is 28.6 Å². The van der Waals surface area contributed by atoms with Gasteiger partial charge in [-0.05, 0) is 18.4 Å². The van der Waals surface area contributed by atoms with Crippen molar-refractivity contribution in [1.29, 1.82) is 0 Å². The van der Waals surface area contributed by atoms with E-state index in [1.165, 1.54) is 4.88 Å². The molecule has 1 atom stereocenters. The van der Waals surface area contributed by atoms with E-state index in [0.717, 1.165) is 29.8 Å². The number of nitrogens with zero attached hydrogens (tertiary/aromatic N) is 3. The maximum absolute atomic E-state index is 4.50. The Morgan fingerprint density at radius 1 is 1.48 bits per heavy atom. The quantitative estimate of drug-likeness (QED) is 0.678. The van der Waals surface area contributed by atoms with Gasteiger partial charge in [0.25, 0.3) is 0 Å². The van der Waals surface area contributed by atoms with Crippen LogP contribution in [0.4, 0.5) is 0 Å². The second-order valence-electron chi connectivity index (χ2n) is 5.06. The normalized spacial score (nSPS) is 13.2. The van der Waals surface area contributed by atoms with Crippen LogP contribution in [0.1, 0.15) is 28.4 Å². The molecule has 0 aliphatic carbocycles. The summed E-state index contributed by atoms with van der Waals surface area (Å²) in [5, 5.41) is 8.77. The van der Waals surface area contributed by atoms with Crippen molar-refractivity contribution < 1.29 is 0 Å². The number of aromatic nitrogens is 1. The molecule has 0 aromatic carbocycles. The predicted molar refractivity (Wildman–Crippen MR) is 92.4 cm³/mol. The Kier molecular flexibility index (Phi) is 5.76. The molecule has 0 amide bonds. The number of aliphatic imine (C=N–C) groups is 1. The van der Waals surface area contributed by atoms with E-state index in [2.05, 4.69) is 50.0 Å². The molecule has 1 unspecified atom stereocenters. The summed E-state index contributed by atoms with van der Waals surface area (Å²) in [7, 11) is 3.86. The van der Waals surface area contributed by atoms with E-state index < -0.39 is 0 Å². The maximum atomic E-state index is 4.50. The van der Waals surface area contributed by atoms with Gasteiger partial charge in [0.1, 0.15) is 0 Å². The third-order valence-corrected chi connectivity index (χ3v) is 5.16. The summed E-state index contributed by atoms with van der Waals surface area (Å²) in [5.74, 6) is 1.39. The fraction of sp³-hybridized carbons (Fsp3) is 0.467. The molecule has 2 heterocycles. The van der Waals surface area contributed by atoms with Crippen LogP contribution in [0.15, 0.2) is 27.9 Å². The minimum Gasteiger partial charge on any atom is -0.356 e. The number of guanidine groups is 1. The highest BCUT2D eigenvalue weighted by molar-refractivity contribution is 7.10. The molecule has 21 heavy (non-hydrogen) atoms. The Morgan fingerprint density at radius 3 is 2.86 bits per heavy atom. The predicted octanol–water partition coefficient (Wildman–Crippen LogP) is 3.32. The van der Waals surface area contributed by atoms with E-state index in [1.54, 1.807) is 22.7 Å². The minimum atomic E-state index is 0.483. The molecular weight excluding hydrogens is 300 g/mol. The van der Waals surface area contributed by atoms with E-state index in [-0.39, 0.29) is 0 Å². The van der Waals surface area contributed by atoms with Crippen molar-refractivity contribution in [2.75, 3.05) is 20.6 Å². The van der Waals surface area contributed by atoms with Gasteiger partial charge in [-0.25, -0.2) is 4.98 Å². The van der Waals surface area contributed by atoms with Crippen molar-refractivity contribution in [3.05, 3.63) is 38.5 Å². The molecule has 0 fully saturated rings. The zero-order valence-corrected chi connectivity index (χ0v) is 14.6. The fourth-order valence-electron chi connectivity index (χ4n) is 2.10. The average Bonchev–Trinajstić information content (AvgIpc) is 3.11. The van der Waals surface area contributed by atoms with Gasteiger partial charge in [0.15, 0.2) is 5.96 Å². The van der Waals surface area contributed by atoms with Crippen molar-refractivity contribution in [2.24, 2.45) is 4.99 Å². The second kappa shape index (κ2) is 7.56. The van der Waals surface area contributed by atoms with Gasteiger partial charge in [-0.2, -0.15) is 0 Å². The molecule has 114 valence electrons. The van der Waals surface area contributed by atoms with Crippen LogP contribution in [0, 0.1) is 6.92 Å². The van der Waals surface area contributed by atoms with Crippen LogP contribution in [0.25, 0.3) is 0 Å². The van der Waals surface area contributed by atoms with E-state index in [0.29, 0.717) is 5.92 Å². The Labute approximate surface area is 134 Å². The molecule has 0 aliphatic heterocycles. The molecule has 0 bridgehead atoms. The summed E-state index contributed by atoms with van der Waals surface area (Å²) in [6.07, 6.45) is 0. The molecule has 2 aromatic heterocycles. The topological polar surface area (TPSA) is 40.5 Å². The summed E-state index contributed by atoms with van der Waals surface area (Å²) in [4.78, 5) is 12.4. The lowest BCUT2D eigenvalue weighted by Gasteiger charge is -2.22. The third-order valence-electron chi connectivity index (χ3n) is 3.23. The van der Waals surface area contributed by atoms with Gasteiger partial charge in [0.05, 0.1) is 17.2 Å². The molecule has 0 spiro atoms. The summed E-state index contributed by atoms with van der Waals surface area (Å²) in [6, 6.07) is 4.28. The van der Waals surface area contributed by atoms with Crippen molar-refractivity contribution in [2.45, 2.75) is 26.3 Å². The Balaban J connectivity index is 1.87. The smallest absolute Gasteiger partial charge is 0.193 e. The average molecular weight is 323 g/mol. The van der Waals surface area contributed by atoms with Crippen LogP contribution in [0.2, 0.25) is 0 Å². The highest BCUT2D eigenvalue weighted by atomic mass is 32.1.